The highest BCUT2D eigenvalue weighted by atomic mass is 32.2. The van der Waals surface area contributed by atoms with Crippen molar-refractivity contribution >= 4 is 35.3 Å². The Morgan fingerprint density at radius 2 is 1.39 bits per heavy atom. The number of thioether (sulfide) groups is 3. The number of rotatable bonds is 5. The SMILES string of the molecule is N#Cc1ccc(S[C@@H]2S[C@H](CO)[C@@H](O)[C@H](O)[C@H]2O)c([C@H]2S[C@H](CO)[C@@H](O)[C@H](O)[C@H]2O)c1. The average molecular weight is 492 g/mol. The van der Waals surface area contributed by atoms with Crippen molar-refractivity contribution in [1.29, 1.82) is 5.26 Å². The van der Waals surface area contributed by atoms with Gasteiger partial charge in [-0.25, -0.2) is 0 Å². The maximum Gasteiger partial charge on any atom is 0.109 e. The summed E-state index contributed by atoms with van der Waals surface area (Å²) in [6, 6.07) is 6.72. The molecule has 0 unspecified atom stereocenters. The van der Waals surface area contributed by atoms with Gasteiger partial charge in [0.2, 0.25) is 0 Å². The molecule has 2 heterocycles. The molecule has 2 saturated heterocycles. The Morgan fingerprint density at radius 1 is 0.806 bits per heavy atom. The van der Waals surface area contributed by atoms with E-state index in [1.165, 1.54) is 6.07 Å². The van der Waals surface area contributed by atoms with Crippen LogP contribution in [0.15, 0.2) is 23.1 Å². The lowest BCUT2D eigenvalue weighted by Crippen LogP contribution is -2.53. The van der Waals surface area contributed by atoms with Crippen LogP contribution >= 0.6 is 35.3 Å². The molecule has 2 aliphatic heterocycles. The number of nitriles is 1. The van der Waals surface area contributed by atoms with Crippen molar-refractivity contribution in [2.45, 2.75) is 61.9 Å². The largest absolute Gasteiger partial charge is 0.395 e. The van der Waals surface area contributed by atoms with E-state index in [1.54, 1.807) is 12.1 Å². The van der Waals surface area contributed by atoms with Crippen LogP contribution in [0.1, 0.15) is 16.4 Å². The van der Waals surface area contributed by atoms with Gasteiger partial charge in [-0.3, -0.25) is 0 Å². The molecule has 0 bridgehead atoms. The van der Waals surface area contributed by atoms with E-state index in [2.05, 4.69) is 0 Å². The molecular weight excluding hydrogens is 466 g/mol. The van der Waals surface area contributed by atoms with E-state index in [9.17, 15) is 46.1 Å². The Labute approximate surface area is 191 Å². The minimum Gasteiger partial charge on any atom is -0.395 e. The Kier molecular flexibility index (Phi) is 8.56. The zero-order chi connectivity index (χ0) is 22.9. The third-order valence-electron chi connectivity index (χ3n) is 5.43. The lowest BCUT2D eigenvalue weighted by molar-refractivity contribution is -0.0702. The maximum absolute atomic E-state index is 10.6. The molecule has 1 aromatic rings. The number of aliphatic hydroxyl groups excluding tert-OH is 8. The van der Waals surface area contributed by atoms with Crippen LogP contribution in [0, 0.1) is 11.3 Å². The highest BCUT2D eigenvalue weighted by molar-refractivity contribution is 8.17. The summed E-state index contributed by atoms with van der Waals surface area (Å²) < 4.78 is -0.669. The van der Waals surface area contributed by atoms with E-state index in [4.69, 9.17) is 0 Å². The summed E-state index contributed by atoms with van der Waals surface area (Å²) >= 11 is 3.32. The standard InChI is InChI=1S/C19H25NO8S3/c20-4-7-1-2-9(30-19-17(28)15(26)13(24)11(6-22)31-19)8(3-7)18-16(27)14(25)12(23)10(5-21)29-18/h1-3,10-19,21-28H,5-6H2/t10-,11-,12-,13-,14+,15+,16-,17-,18-,19-/m1/s1. The normalized spacial score (nSPS) is 41.0. The summed E-state index contributed by atoms with van der Waals surface area (Å²) in [6.07, 6.45) is -8.26. The topological polar surface area (TPSA) is 186 Å². The van der Waals surface area contributed by atoms with Crippen LogP contribution in [0.4, 0.5) is 0 Å². The van der Waals surface area contributed by atoms with Gasteiger partial charge in [0, 0.05) is 4.90 Å². The number of nitrogens with zero attached hydrogens (tertiary/aromatic N) is 1. The van der Waals surface area contributed by atoms with Gasteiger partial charge in [-0.15, -0.1) is 35.3 Å². The lowest BCUT2D eigenvalue weighted by atomic mass is 9.96. The smallest absolute Gasteiger partial charge is 0.109 e. The third kappa shape index (κ3) is 5.02. The zero-order valence-electron chi connectivity index (χ0n) is 16.2. The summed E-state index contributed by atoms with van der Waals surface area (Å²) in [6.45, 7) is -0.821. The number of hydrogen-bond donors (Lipinski definition) is 8. The fraction of sp³-hybridized carbons (Fsp3) is 0.632. The molecule has 0 amide bonds. The molecule has 2 aliphatic rings. The van der Waals surface area contributed by atoms with E-state index < -0.39 is 70.2 Å². The van der Waals surface area contributed by atoms with Crippen molar-refractivity contribution in [3.8, 4) is 6.07 Å². The predicted molar refractivity (Wildman–Crippen MR) is 117 cm³/mol. The van der Waals surface area contributed by atoms with Crippen LogP contribution in [-0.4, -0.2) is 106 Å². The van der Waals surface area contributed by atoms with Crippen LogP contribution in [0.3, 0.4) is 0 Å². The van der Waals surface area contributed by atoms with E-state index in [0.717, 1.165) is 35.3 Å². The molecule has 9 nitrogen and oxygen atoms in total. The quantitative estimate of drug-likeness (QED) is 0.236. The number of aliphatic hydroxyl groups is 8. The lowest BCUT2D eigenvalue weighted by Gasteiger charge is -2.41. The van der Waals surface area contributed by atoms with Crippen molar-refractivity contribution in [3.63, 3.8) is 0 Å². The van der Waals surface area contributed by atoms with Gasteiger partial charge in [0.15, 0.2) is 0 Å². The molecule has 0 aromatic heterocycles. The zero-order valence-corrected chi connectivity index (χ0v) is 18.6. The van der Waals surface area contributed by atoms with Crippen molar-refractivity contribution in [2.75, 3.05) is 13.2 Å². The van der Waals surface area contributed by atoms with E-state index >= 15 is 0 Å². The first-order chi connectivity index (χ1) is 14.7. The molecule has 0 spiro atoms. The maximum atomic E-state index is 10.6. The van der Waals surface area contributed by atoms with Gasteiger partial charge >= 0.3 is 0 Å². The summed E-state index contributed by atoms with van der Waals surface area (Å²) in [5.41, 5.74) is 0.772. The Hall–Kier alpha value is -0.560. The number of hydrogen-bond acceptors (Lipinski definition) is 12. The van der Waals surface area contributed by atoms with Gasteiger partial charge in [0.1, 0.15) is 18.3 Å². The van der Waals surface area contributed by atoms with E-state index in [-0.39, 0.29) is 0 Å². The minimum absolute atomic E-state index is 0.300. The summed E-state index contributed by atoms with van der Waals surface area (Å²) in [4.78, 5) is 0.549. The Balaban J connectivity index is 1.94. The first kappa shape index (κ1) is 25.1. The molecule has 3 rings (SSSR count). The fourth-order valence-corrected chi connectivity index (χ4v) is 8.17. The van der Waals surface area contributed by atoms with E-state index in [0.29, 0.717) is 16.0 Å². The van der Waals surface area contributed by atoms with Crippen molar-refractivity contribution in [3.05, 3.63) is 29.3 Å². The van der Waals surface area contributed by atoms with Gasteiger partial charge in [-0.1, -0.05) is 0 Å². The molecular formula is C19H25NO8S3. The minimum atomic E-state index is -1.50. The molecule has 0 radical (unpaired) electrons. The molecule has 31 heavy (non-hydrogen) atoms. The molecule has 172 valence electrons. The van der Waals surface area contributed by atoms with Crippen LogP contribution in [-0.2, 0) is 0 Å². The second kappa shape index (κ2) is 10.6. The van der Waals surface area contributed by atoms with E-state index in [1.807, 2.05) is 6.07 Å². The first-order valence-corrected chi connectivity index (χ1v) is 12.3. The fourth-order valence-electron chi connectivity index (χ4n) is 3.60. The third-order valence-corrected chi connectivity index (χ3v) is 10.1. The Bertz CT molecular complexity index is 807. The van der Waals surface area contributed by atoms with Gasteiger partial charge in [-0.05, 0) is 23.8 Å². The molecule has 12 heteroatoms. The van der Waals surface area contributed by atoms with Crippen molar-refractivity contribution < 1.29 is 40.9 Å². The summed E-state index contributed by atoms with van der Waals surface area (Å²) in [5.74, 6) is 0. The first-order valence-electron chi connectivity index (χ1n) is 9.55. The van der Waals surface area contributed by atoms with Gasteiger partial charge < -0.3 is 40.9 Å². The van der Waals surface area contributed by atoms with Crippen LogP contribution in [0.2, 0.25) is 0 Å². The summed E-state index contributed by atoms with van der Waals surface area (Å²) in [5, 5.41) is 87.7. The van der Waals surface area contributed by atoms with Crippen LogP contribution in [0.5, 0.6) is 0 Å². The average Bonchev–Trinajstić information content (AvgIpc) is 2.78. The molecule has 2 fully saturated rings. The van der Waals surface area contributed by atoms with Crippen molar-refractivity contribution in [1.82, 2.24) is 0 Å². The number of benzene rings is 1. The molecule has 1 aromatic carbocycles. The monoisotopic (exact) mass is 491 g/mol. The highest BCUT2D eigenvalue weighted by Gasteiger charge is 2.46. The molecule has 8 N–H and O–H groups in total. The Morgan fingerprint density at radius 3 is 1.97 bits per heavy atom. The van der Waals surface area contributed by atoms with Crippen molar-refractivity contribution in [2.24, 2.45) is 0 Å². The summed E-state index contributed by atoms with van der Waals surface area (Å²) in [7, 11) is 0. The van der Waals surface area contributed by atoms with Crippen LogP contribution in [0.25, 0.3) is 0 Å². The second-order valence-corrected chi connectivity index (χ2v) is 11.7. The molecule has 10 atom stereocenters. The van der Waals surface area contributed by atoms with Gasteiger partial charge in [-0.2, -0.15) is 5.26 Å². The predicted octanol–water partition coefficient (Wildman–Crippen LogP) is -1.60. The van der Waals surface area contributed by atoms with Gasteiger partial charge in [0.05, 0.1) is 63.5 Å². The van der Waals surface area contributed by atoms with Gasteiger partial charge in [0.25, 0.3) is 0 Å². The highest BCUT2D eigenvalue weighted by Crippen LogP contribution is 2.49. The second-order valence-electron chi connectivity index (χ2n) is 7.43. The molecule has 0 saturated carbocycles. The van der Waals surface area contributed by atoms with Crippen LogP contribution < -0.4 is 0 Å². The molecule has 0 aliphatic carbocycles.